The van der Waals surface area contributed by atoms with Crippen molar-refractivity contribution in [2.24, 2.45) is 0 Å². The Kier molecular flexibility index (Phi) is 3.06. The molecule has 3 rings (SSSR count). The molecule has 0 heterocycles. The van der Waals surface area contributed by atoms with E-state index in [0.29, 0.717) is 0 Å². The van der Waals surface area contributed by atoms with Crippen LogP contribution in [0.3, 0.4) is 0 Å². The van der Waals surface area contributed by atoms with E-state index in [1.807, 2.05) is 6.07 Å². The first-order valence-corrected chi connectivity index (χ1v) is 7.12. The summed E-state index contributed by atoms with van der Waals surface area (Å²) in [6.45, 7) is 0. The van der Waals surface area contributed by atoms with Gasteiger partial charge in [-0.25, -0.2) is 0 Å². The number of aliphatic hydroxyl groups is 1. The third kappa shape index (κ3) is 1.74. The minimum Gasteiger partial charge on any atom is -0.497 e. The van der Waals surface area contributed by atoms with E-state index in [1.165, 1.54) is 30.4 Å². The molecule has 1 fully saturated rings. The molecule has 1 N–H and O–H groups in total. The fourth-order valence-electron chi connectivity index (χ4n) is 3.92. The van der Waals surface area contributed by atoms with Crippen LogP contribution in [-0.4, -0.2) is 18.3 Å². The zero-order valence-corrected chi connectivity index (χ0v) is 11.1. The number of aliphatic hydroxyl groups excluding tert-OH is 1. The largest absolute Gasteiger partial charge is 0.497 e. The van der Waals surface area contributed by atoms with E-state index in [2.05, 4.69) is 12.1 Å². The van der Waals surface area contributed by atoms with Crippen molar-refractivity contribution >= 4 is 0 Å². The normalized spacial score (nSPS) is 25.8. The summed E-state index contributed by atoms with van der Waals surface area (Å²) in [4.78, 5) is 0. The van der Waals surface area contributed by atoms with Gasteiger partial charge in [-0.2, -0.15) is 0 Å². The van der Waals surface area contributed by atoms with Gasteiger partial charge < -0.3 is 9.84 Å². The van der Waals surface area contributed by atoms with Gasteiger partial charge in [-0.1, -0.05) is 25.3 Å². The highest BCUT2D eigenvalue weighted by Gasteiger charge is 2.43. The van der Waals surface area contributed by atoms with Gasteiger partial charge in [0, 0.05) is 5.41 Å². The van der Waals surface area contributed by atoms with Gasteiger partial charge in [0.15, 0.2) is 0 Å². The average molecular weight is 246 g/mol. The second-order valence-corrected chi connectivity index (χ2v) is 5.79. The number of hydrogen-bond acceptors (Lipinski definition) is 2. The molecule has 98 valence electrons. The van der Waals surface area contributed by atoms with Crippen molar-refractivity contribution in [3.63, 3.8) is 0 Å². The monoisotopic (exact) mass is 246 g/mol. The van der Waals surface area contributed by atoms with Gasteiger partial charge in [-0.05, 0) is 48.9 Å². The first-order chi connectivity index (χ1) is 8.76. The molecule has 0 radical (unpaired) electrons. The highest BCUT2D eigenvalue weighted by Crippen LogP contribution is 2.48. The molecule has 18 heavy (non-hydrogen) atoms. The zero-order chi connectivity index (χ0) is 12.6. The maximum Gasteiger partial charge on any atom is 0.119 e. The summed E-state index contributed by atoms with van der Waals surface area (Å²) >= 11 is 0. The number of fused-ring (bicyclic) bond motifs is 2. The van der Waals surface area contributed by atoms with Gasteiger partial charge in [0.25, 0.3) is 0 Å². The van der Waals surface area contributed by atoms with E-state index in [1.54, 1.807) is 7.11 Å². The van der Waals surface area contributed by atoms with Crippen LogP contribution in [0.4, 0.5) is 0 Å². The molecule has 2 aliphatic rings. The standard InChI is InChI=1S/C16H22O2/c1-18-13-6-7-14-12(11-13)5-8-15(17)16(14)9-3-2-4-10-16/h6-7,11,15,17H,2-5,8-10H2,1H3. The van der Waals surface area contributed by atoms with Crippen LogP contribution in [0.25, 0.3) is 0 Å². The maximum absolute atomic E-state index is 10.5. The quantitative estimate of drug-likeness (QED) is 0.824. The first-order valence-electron chi connectivity index (χ1n) is 7.12. The molecule has 0 bridgehead atoms. The van der Waals surface area contributed by atoms with E-state index in [0.717, 1.165) is 31.4 Å². The molecule has 0 aliphatic heterocycles. The topological polar surface area (TPSA) is 29.5 Å². The van der Waals surface area contributed by atoms with Crippen LogP contribution in [0.1, 0.15) is 49.7 Å². The number of rotatable bonds is 1. The Labute approximate surface area is 109 Å². The van der Waals surface area contributed by atoms with E-state index in [-0.39, 0.29) is 11.5 Å². The lowest BCUT2D eigenvalue weighted by Crippen LogP contribution is -2.45. The number of benzene rings is 1. The van der Waals surface area contributed by atoms with Gasteiger partial charge in [-0.15, -0.1) is 0 Å². The van der Waals surface area contributed by atoms with E-state index in [9.17, 15) is 5.11 Å². The Morgan fingerprint density at radius 1 is 1.22 bits per heavy atom. The summed E-state index contributed by atoms with van der Waals surface area (Å²) in [5.41, 5.74) is 2.82. The Bertz CT molecular complexity index is 433. The Hall–Kier alpha value is -1.02. The molecular weight excluding hydrogens is 224 g/mol. The van der Waals surface area contributed by atoms with Crippen LogP contribution in [0.15, 0.2) is 18.2 Å². The highest BCUT2D eigenvalue weighted by molar-refractivity contribution is 5.43. The van der Waals surface area contributed by atoms with Gasteiger partial charge in [0.05, 0.1) is 13.2 Å². The Morgan fingerprint density at radius 2 is 2.00 bits per heavy atom. The van der Waals surface area contributed by atoms with Crippen molar-refractivity contribution in [3.05, 3.63) is 29.3 Å². The SMILES string of the molecule is COc1ccc2c(c1)CCC(O)C21CCCCC1. The molecule has 0 saturated heterocycles. The van der Waals surface area contributed by atoms with Crippen molar-refractivity contribution < 1.29 is 9.84 Å². The molecule has 1 unspecified atom stereocenters. The molecule has 0 aromatic heterocycles. The van der Waals surface area contributed by atoms with Crippen molar-refractivity contribution in [1.29, 1.82) is 0 Å². The summed E-state index contributed by atoms with van der Waals surface area (Å²) in [7, 11) is 1.72. The van der Waals surface area contributed by atoms with Gasteiger partial charge >= 0.3 is 0 Å². The summed E-state index contributed by atoms with van der Waals surface area (Å²) in [6, 6.07) is 6.41. The fourth-order valence-corrected chi connectivity index (χ4v) is 3.92. The lowest BCUT2D eigenvalue weighted by atomic mass is 9.61. The zero-order valence-electron chi connectivity index (χ0n) is 11.1. The molecule has 2 heteroatoms. The number of hydrogen-bond donors (Lipinski definition) is 1. The molecule has 2 nitrogen and oxygen atoms in total. The van der Waals surface area contributed by atoms with E-state index < -0.39 is 0 Å². The fraction of sp³-hybridized carbons (Fsp3) is 0.625. The molecule has 2 aliphatic carbocycles. The Balaban J connectivity index is 2.05. The predicted octanol–water partition coefficient (Wildman–Crippen LogP) is 3.20. The second-order valence-electron chi connectivity index (χ2n) is 5.79. The maximum atomic E-state index is 10.5. The molecule has 1 saturated carbocycles. The summed E-state index contributed by atoms with van der Waals surface area (Å²) in [5, 5.41) is 10.5. The number of methoxy groups -OCH3 is 1. The highest BCUT2D eigenvalue weighted by atomic mass is 16.5. The third-order valence-electron chi connectivity index (χ3n) is 4.92. The molecule has 1 spiro atoms. The molecular formula is C16H22O2. The minimum atomic E-state index is -0.154. The number of aryl methyl sites for hydroxylation is 1. The van der Waals surface area contributed by atoms with Crippen LogP contribution in [0.5, 0.6) is 5.75 Å². The summed E-state index contributed by atoms with van der Waals surface area (Å²) in [5.74, 6) is 0.941. The van der Waals surface area contributed by atoms with E-state index >= 15 is 0 Å². The molecule has 1 aromatic carbocycles. The van der Waals surface area contributed by atoms with Crippen LogP contribution in [0.2, 0.25) is 0 Å². The summed E-state index contributed by atoms with van der Waals surface area (Å²) < 4.78 is 5.32. The van der Waals surface area contributed by atoms with Crippen molar-refractivity contribution in [3.8, 4) is 5.75 Å². The van der Waals surface area contributed by atoms with Crippen LogP contribution in [-0.2, 0) is 11.8 Å². The molecule has 1 atom stereocenters. The van der Waals surface area contributed by atoms with Crippen molar-refractivity contribution in [2.75, 3.05) is 7.11 Å². The number of ether oxygens (including phenoxy) is 1. The third-order valence-corrected chi connectivity index (χ3v) is 4.92. The lowest BCUT2D eigenvalue weighted by molar-refractivity contribution is 0.0389. The van der Waals surface area contributed by atoms with E-state index in [4.69, 9.17) is 4.74 Å². The van der Waals surface area contributed by atoms with Gasteiger partial charge in [0.2, 0.25) is 0 Å². The first kappa shape index (κ1) is 12.0. The van der Waals surface area contributed by atoms with Crippen LogP contribution in [0, 0.1) is 0 Å². The molecule has 0 amide bonds. The van der Waals surface area contributed by atoms with Crippen LogP contribution < -0.4 is 4.74 Å². The van der Waals surface area contributed by atoms with Gasteiger partial charge in [0.1, 0.15) is 5.75 Å². The minimum absolute atomic E-state index is 0.0398. The predicted molar refractivity (Wildman–Crippen MR) is 72.1 cm³/mol. The van der Waals surface area contributed by atoms with Crippen molar-refractivity contribution in [2.45, 2.75) is 56.5 Å². The van der Waals surface area contributed by atoms with Crippen LogP contribution >= 0.6 is 0 Å². The van der Waals surface area contributed by atoms with Gasteiger partial charge in [-0.3, -0.25) is 0 Å². The smallest absolute Gasteiger partial charge is 0.119 e. The van der Waals surface area contributed by atoms with Crippen molar-refractivity contribution in [1.82, 2.24) is 0 Å². The second kappa shape index (κ2) is 4.58. The molecule has 1 aromatic rings. The lowest BCUT2D eigenvalue weighted by Gasteiger charge is -2.45. The summed E-state index contributed by atoms with van der Waals surface area (Å²) in [6.07, 6.45) is 7.85. The Morgan fingerprint density at radius 3 is 2.72 bits per heavy atom. The average Bonchev–Trinajstić information content (AvgIpc) is 2.44.